The van der Waals surface area contributed by atoms with Gasteiger partial charge < -0.3 is 10.5 Å². The summed E-state index contributed by atoms with van der Waals surface area (Å²) in [5.74, 6) is 0.268. The van der Waals surface area contributed by atoms with Crippen molar-refractivity contribution in [3.63, 3.8) is 0 Å². The standard InChI is InChI=1S/C23H19NO4S2/c1-28-17-9-12-20-19(13-17)21(14-3-5-16(6-4-14)23(24)25)22(29-20)15-7-10-18(11-8-15)30(2,26)27/h3-13H,1-2H3,(H2,24,25). The van der Waals surface area contributed by atoms with Gasteiger partial charge in [-0.05, 0) is 53.6 Å². The molecule has 0 aliphatic heterocycles. The molecule has 7 heteroatoms. The Labute approximate surface area is 178 Å². The van der Waals surface area contributed by atoms with Gasteiger partial charge in [-0.15, -0.1) is 11.3 Å². The molecule has 0 atom stereocenters. The van der Waals surface area contributed by atoms with E-state index in [4.69, 9.17) is 10.5 Å². The maximum atomic E-state index is 11.8. The minimum Gasteiger partial charge on any atom is -0.497 e. The van der Waals surface area contributed by atoms with Gasteiger partial charge in [-0.3, -0.25) is 4.79 Å². The molecule has 30 heavy (non-hydrogen) atoms. The Bertz CT molecular complexity index is 1350. The Morgan fingerprint density at radius 2 is 1.57 bits per heavy atom. The van der Waals surface area contributed by atoms with Crippen molar-refractivity contribution in [2.75, 3.05) is 13.4 Å². The fraction of sp³-hybridized carbons (Fsp3) is 0.0870. The number of sulfone groups is 1. The van der Waals surface area contributed by atoms with E-state index < -0.39 is 15.7 Å². The quantitative estimate of drug-likeness (QED) is 0.488. The Hall–Kier alpha value is -3.16. The zero-order valence-corrected chi connectivity index (χ0v) is 18.0. The van der Waals surface area contributed by atoms with E-state index in [1.807, 2.05) is 42.5 Å². The van der Waals surface area contributed by atoms with E-state index in [0.29, 0.717) is 5.56 Å². The van der Waals surface area contributed by atoms with Crippen LogP contribution in [-0.2, 0) is 9.84 Å². The molecule has 1 amide bonds. The van der Waals surface area contributed by atoms with Crippen LogP contribution in [0.2, 0.25) is 0 Å². The Morgan fingerprint density at radius 3 is 2.13 bits per heavy atom. The highest BCUT2D eigenvalue weighted by atomic mass is 32.2. The van der Waals surface area contributed by atoms with Gasteiger partial charge >= 0.3 is 0 Å². The lowest BCUT2D eigenvalue weighted by molar-refractivity contribution is 0.100. The van der Waals surface area contributed by atoms with Gasteiger partial charge in [-0.25, -0.2) is 8.42 Å². The molecule has 152 valence electrons. The van der Waals surface area contributed by atoms with Crippen LogP contribution in [0.3, 0.4) is 0 Å². The normalized spacial score (nSPS) is 11.5. The average Bonchev–Trinajstić information content (AvgIpc) is 3.11. The highest BCUT2D eigenvalue weighted by molar-refractivity contribution is 7.90. The second-order valence-corrected chi connectivity index (χ2v) is 9.97. The summed E-state index contributed by atoms with van der Waals surface area (Å²) < 4.78 is 30.1. The third-order valence-electron chi connectivity index (χ3n) is 4.90. The van der Waals surface area contributed by atoms with Crippen LogP contribution in [0, 0.1) is 0 Å². The van der Waals surface area contributed by atoms with E-state index in [1.54, 1.807) is 42.7 Å². The van der Waals surface area contributed by atoms with Crippen LogP contribution < -0.4 is 10.5 Å². The first kappa shape index (κ1) is 20.1. The summed E-state index contributed by atoms with van der Waals surface area (Å²) in [6, 6.07) is 19.9. The zero-order chi connectivity index (χ0) is 21.5. The molecule has 1 heterocycles. The van der Waals surface area contributed by atoms with Crippen LogP contribution in [-0.4, -0.2) is 27.7 Å². The molecule has 3 aromatic carbocycles. The van der Waals surface area contributed by atoms with Crippen molar-refractivity contribution < 1.29 is 17.9 Å². The minimum absolute atomic E-state index is 0.279. The first-order valence-electron chi connectivity index (χ1n) is 9.09. The van der Waals surface area contributed by atoms with Crippen molar-refractivity contribution in [2.24, 2.45) is 5.73 Å². The molecular weight excluding hydrogens is 418 g/mol. The number of thiophene rings is 1. The van der Waals surface area contributed by atoms with E-state index in [1.165, 1.54) is 6.26 Å². The molecule has 0 saturated carbocycles. The summed E-state index contributed by atoms with van der Waals surface area (Å²) in [7, 11) is -1.64. The largest absolute Gasteiger partial charge is 0.497 e. The first-order valence-corrected chi connectivity index (χ1v) is 11.8. The van der Waals surface area contributed by atoms with Gasteiger partial charge in [0.1, 0.15) is 5.75 Å². The molecule has 0 aliphatic rings. The van der Waals surface area contributed by atoms with Crippen LogP contribution >= 0.6 is 11.3 Å². The number of methoxy groups -OCH3 is 1. The van der Waals surface area contributed by atoms with Crippen LogP contribution in [0.15, 0.2) is 71.6 Å². The first-order chi connectivity index (χ1) is 14.3. The van der Waals surface area contributed by atoms with Crippen molar-refractivity contribution in [2.45, 2.75) is 4.90 Å². The summed E-state index contributed by atoms with van der Waals surface area (Å²) >= 11 is 1.62. The summed E-state index contributed by atoms with van der Waals surface area (Å²) in [6.07, 6.45) is 1.19. The summed E-state index contributed by atoms with van der Waals surface area (Å²) in [5, 5.41) is 1.02. The predicted molar refractivity (Wildman–Crippen MR) is 121 cm³/mol. The van der Waals surface area contributed by atoms with Crippen LogP contribution in [0.5, 0.6) is 5.75 Å². The number of primary amides is 1. The van der Waals surface area contributed by atoms with Crippen LogP contribution in [0.4, 0.5) is 0 Å². The zero-order valence-electron chi connectivity index (χ0n) is 16.4. The van der Waals surface area contributed by atoms with E-state index >= 15 is 0 Å². The monoisotopic (exact) mass is 437 g/mol. The van der Waals surface area contributed by atoms with Gasteiger partial charge in [-0.2, -0.15) is 0 Å². The minimum atomic E-state index is -3.27. The van der Waals surface area contributed by atoms with E-state index in [9.17, 15) is 13.2 Å². The van der Waals surface area contributed by atoms with E-state index in [-0.39, 0.29) is 4.90 Å². The predicted octanol–water partition coefficient (Wildman–Crippen LogP) is 4.75. The highest BCUT2D eigenvalue weighted by Crippen LogP contribution is 2.45. The van der Waals surface area contributed by atoms with Crippen LogP contribution in [0.25, 0.3) is 31.7 Å². The van der Waals surface area contributed by atoms with Gasteiger partial charge in [0.2, 0.25) is 5.91 Å². The number of carbonyl (C=O) groups is 1. The van der Waals surface area contributed by atoms with Crippen LogP contribution in [0.1, 0.15) is 10.4 Å². The fourth-order valence-corrected chi connectivity index (χ4v) is 5.19. The highest BCUT2D eigenvalue weighted by Gasteiger charge is 2.17. The third-order valence-corrected chi connectivity index (χ3v) is 7.25. The molecule has 0 fully saturated rings. The van der Waals surface area contributed by atoms with Crippen molar-refractivity contribution >= 4 is 37.2 Å². The summed E-state index contributed by atoms with van der Waals surface area (Å²) in [6.45, 7) is 0. The molecule has 2 N–H and O–H groups in total. The molecule has 5 nitrogen and oxygen atoms in total. The third kappa shape index (κ3) is 3.69. The Morgan fingerprint density at radius 1 is 0.933 bits per heavy atom. The van der Waals surface area contributed by atoms with Crippen molar-refractivity contribution in [3.05, 3.63) is 72.3 Å². The van der Waals surface area contributed by atoms with E-state index in [2.05, 4.69) is 0 Å². The maximum Gasteiger partial charge on any atom is 0.248 e. The molecule has 0 unspecified atom stereocenters. The molecule has 0 radical (unpaired) electrons. The van der Waals surface area contributed by atoms with Gasteiger partial charge in [0.15, 0.2) is 9.84 Å². The number of hydrogen-bond donors (Lipinski definition) is 1. The number of nitrogens with two attached hydrogens (primary N) is 1. The Balaban J connectivity index is 1.95. The van der Waals surface area contributed by atoms with Gasteiger partial charge in [0.25, 0.3) is 0 Å². The van der Waals surface area contributed by atoms with Crippen molar-refractivity contribution in [1.29, 1.82) is 0 Å². The summed E-state index contributed by atoms with van der Waals surface area (Å²) in [4.78, 5) is 12.7. The maximum absolute atomic E-state index is 11.8. The van der Waals surface area contributed by atoms with Gasteiger partial charge in [0.05, 0.1) is 12.0 Å². The number of ether oxygens (including phenoxy) is 1. The van der Waals surface area contributed by atoms with Crippen molar-refractivity contribution in [1.82, 2.24) is 0 Å². The molecule has 0 saturated heterocycles. The number of amides is 1. The topological polar surface area (TPSA) is 86.5 Å². The molecule has 1 aromatic heterocycles. The molecule has 4 rings (SSSR count). The smallest absolute Gasteiger partial charge is 0.248 e. The van der Waals surface area contributed by atoms with Crippen molar-refractivity contribution in [3.8, 4) is 27.3 Å². The lowest BCUT2D eigenvalue weighted by Gasteiger charge is -2.08. The number of benzene rings is 3. The van der Waals surface area contributed by atoms with E-state index in [0.717, 1.165) is 37.4 Å². The second-order valence-electron chi connectivity index (χ2n) is 6.91. The number of fused-ring (bicyclic) bond motifs is 1. The fourth-order valence-electron chi connectivity index (χ4n) is 3.35. The Kier molecular flexibility index (Phi) is 5.09. The van der Waals surface area contributed by atoms with Gasteiger partial charge in [0, 0.05) is 32.3 Å². The number of carbonyl (C=O) groups excluding carboxylic acids is 1. The molecule has 0 spiro atoms. The second kappa shape index (κ2) is 7.59. The molecule has 0 aliphatic carbocycles. The SMILES string of the molecule is COc1ccc2sc(-c3ccc(S(C)(=O)=O)cc3)c(-c3ccc(C(N)=O)cc3)c2c1. The lowest BCUT2D eigenvalue weighted by atomic mass is 9.97. The average molecular weight is 438 g/mol. The number of hydrogen-bond acceptors (Lipinski definition) is 5. The molecule has 0 bridgehead atoms. The summed E-state index contributed by atoms with van der Waals surface area (Å²) in [5.41, 5.74) is 8.66. The van der Waals surface area contributed by atoms with Gasteiger partial charge in [-0.1, -0.05) is 24.3 Å². The molecular formula is C23H19NO4S2. The lowest BCUT2D eigenvalue weighted by Crippen LogP contribution is -2.10. The number of rotatable bonds is 5. The molecule has 4 aromatic rings.